The van der Waals surface area contributed by atoms with Crippen LogP contribution in [0.5, 0.6) is 0 Å². The van der Waals surface area contributed by atoms with Gasteiger partial charge in [0.05, 0.1) is 24.0 Å². The van der Waals surface area contributed by atoms with Gasteiger partial charge in [0.15, 0.2) is 0 Å². The Hall–Kier alpha value is -2.08. The van der Waals surface area contributed by atoms with E-state index in [0.717, 1.165) is 23.3 Å². The van der Waals surface area contributed by atoms with Crippen molar-refractivity contribution in [1.82, 2.24) is 9.55 Å². The summed E-state index contributed by atoms with van der Waals surface area (Å²) in [5.41, 5.74) is 2.53. The van der Waals surface area contributed by atoms with Crippen LogP contribution in [0.15, 0.2) is 24.5 Å². The van der Waals surface area contributed by atoms with Crippen LogP contribution >= 0.6 is 0 Å². The van der Waals surface area contributed by atoms with Gasteiger partial charge in [-0.15, -0.1) is 0 Å². The number of hydrogen-bond acceptors (Lipinski definition) is 4. The molecule has 0 saturated carbocycles. The van der Waals surface area contributed by atoms with Crippen LogP contribution in [0.3, 0.4) is 0 Å². The van der Waals surface area contributed by atoms with Crippen molar-refractivity contribution in [3.8, 4) is 0 Å². The van der Waals surface area contributed by atoms with Gasteiger partial charge in [-0.1, -0.05) is 0 Å². The van der Waals surface area contributed by atoms with Crippen LogP contribution in [0, 0.1) is 0 Å². The first-order valence-electron chi connectivity index (χ1n) is 6.18. The average Bonchev–Trinajstić information content (AvgIpc) is 2.77. The quantitative estimate of drug-likeness (QED) is 0.811. The molecule has 0 aliphatic rings. The molecule has 2 N–H and O–H groups in total. The van der Waals surface area contributed by atoms with Crippen molar-refractivity contribution < 1.29 is 15.0 Å². The lowest BCUT2D eigenvalue weighted by atomic mass is 10.2. The Bertz CT molecular complexity index is 580. The van der Waals surface area contributed by atoms with Crippen molar-refractivity contribution in [2.24, 2.45) is 0 Å². The second kappa shape index (κ2) is 5.71. The van der Waals surface area contributed by atoms with Gasteiger partial charge in [0.2, 0.25) is 0 Å². The van der Waals surface area contributed by atoms with Crippen LogP contribution in [-0.2, 0) is 11.3 Å². The van der Waals surface area contributed by atoms with E-state index in [1.54, 1.807) is 4.57 Å². The van der Waals surface area contributed by atoms with Crippen molar-refractivity contribution in [1.29, 1.82) is 0 Å². The summed E-state index contributed by atoms with van der Waals surface area (Å²) in [5.74, 6) is -0.890. The Morgan fingerprint density at radius 1 is 1.47 bits per heavy atom. The zero-order chi connectivity index (χ0) is 13.8. The maximum atomic E-state index is 10.7. The maximum Gasteiger partial charge on any atom is 0.323 e. The number of anilines is 1. The molecule has 102 valence electrons. The van der Waals surface area contributed by atoms with E-state index in [0.29, 0.717) is 6.54 Å². The number of likely N-dealkylation sites (N-methyl/N-ethyl adjacent to an activating group) is 1. The first-order chi connectivity index (χ1) is 9.15. The fraction of sp³-hybridized carbons (Fsp3) is 0.385. The standard InChI is InChI=1S/C13H17N3O3/c1-2-15(5-6-17)10-3-4-12-11(7-10)14-9-16(12)8-13(18)19/h3-4,7,9,17H,2,5-6,8H2,1H3,(H,18,19). The molecule has 0 bridgehead atoms. The third-order valence-electron chi connectivity index (χ3n) is 3.03. The van der Waals surface area contributed by atoms with Crippen molar-refractivity contribution >= 4 is 22.7 Å². The number of carbonyl (C=O) groups is 1. The summed E-state index contributed by atoms with van der Waals surface area (Å²) in [6, 6.07) is 5.69. The first kappa shape index (κ1) is 13.4. The molecule has 6 nitrogen and oxygen atoms in total. The lowest BCUT2D eigenvalue weighted by molar-refractivity contribution is -0.137. The molecule has 6 heteroatoms. The number of carboxylic acid groups (broad SMARTS) is 1. The molecule has 1 heterocycles. The second-order valence-electron chi connectivity index (χ2n) is 4.24. The Balaban J connectivity index is 2.34. The van der Waals surface area contributed by atoms with E-state index in [1.807, 2.05) is 30.0 Å². The monoisotopic (exact) mass is 263 g/mol. The molecular formula is C13H17N3O3. The smallest absolute Gasteiger partial charge is 0.323 e. The topological polar surface area (TPSA) is 78.6 Å². The zero-order valence-electron chi connectivity index (χ0n) is 10.8. The highest BCUT2D eigenvalue weighted by Gasteiger charge is 2.09. The van der Waals surface area contributed by atoms with Crippen LogP contribution < -0.4 is 4.90 Å². The molecule has 0 unspecified atom stereocenters. The normalized spacial score (nSPS) is 10.8. The molecule has 0 atom stereocenters. The van der Waals surface area contributed by atoms with E-state index in [4.69, 9.17) is 10.2 Å². The summed E-state index contributed by atoms with van der Waals surface area (Å²) >= 11 is 0. The number of fused-ring (bicyclic) bond motifs is 1. The Morgan fingerprint density at radius 2 is 2.26 bits per heavy atom. The van der Waals surface area contributed by atoms with Gasteiger partial charge in [-0.25, -0.2) is 4.98 Å². The summed E-state index contributed by atoms with van der Waals surface area (Å²) in [6.07, 6.45) is 1.53. The van der Waals surface area contributed by atoms with Crippen molar-refractivity contribution in [3.63, 3.8) is 0 Å². The van der Waals surface area contributed by atoms with Gasteiger partial charge in [-0.2, -0.15) is 0 Å². The van der Waals surface area contributed by atoms with Crippen LogP contribution in [0.25, 0.3) is 11.0 Å². The minimum atomic E-state index is -0.890. The molecular weight excluding hydrogens is 246 g/mol. The summed E-state index contributed by atoms with van der Waals surface area (Å²) < 4.78 is 1.60. The minimum absolute atomic E-state index is 0.0933. The van der Waals surface area contributed by atoms with Gasteiger partial charge in [0, 0.05) is 18.8 Å². The van der Waals surface area contributed by atoms with E-state index in [9.17, 15) is 4.79 Å². The van der Waals surface area contributed by atoms with Crippen molar-refractivity contribution in [3.05, 3.63) is 24.5 Å². The van der Waals surface area contributed by atoms with Gasteiger partial charge in [0.25, 0.3) is 0 Å². The molecule has 0 fully saturated rings. The maximum absolute atomic E-state index is 10.7. The number of aliphatic carboxylic acids is 1. The lowest BCUT2D eigenvalue weighted by Crippen LogP contribution is -2.25. The van der Waals surface area contributed by atoms with Gasteiger partial charge in [-0.05, 0) is 25.1 Å². The summed E-state index contributed by atoms with van der Waals surface area (Å²) in [6.45, 7) is 3.38. The van der Waals surface area contributed by atoms with Crippen molar-refractivity contribution in [2.75, 3.05) is 24.6 Å². The highest BCUT2D eigenvalue weighted by molar-refractivity contribution is 5.81. The molecule has 2 rings (SSSR count). The molecule has 0 amide bonds. The molecule has 19 heavy (non-hydrogen) atoms. The van der Waals surface area contributed by atoms with Crippen LogP contribution in [0.2, 0.25) is 0 Å². The Labute approximate surface area is 110 Å². The minimum Gasteiger partial charge on any atom is -0.480 e. The molecule has 1 aromatic carbocycles. The number of aliphatic hydroxyl groups excluding tert-OH is 1. The highest BCUT2D eigenvalue weighted by atomic mass is 16.4. The largest absolute Gasteiger partial charge is 0.480 e. The molecule has 0 aliphatic carbocycles. The van der Waals surface area contributed by atoms with E-state index in [2.05, 4.69) is 4.98 Å². The molecule has 0 aliphatic heterocycles. The SMILES string of the molecule is CCN(CCO)c1ccc2c(c1)ncn2CC(=O)O. The van der Waals surface area contributed by atoms with Crippen LogP contribution in [-0.4, -0.2) is 45.4 Å². The fourth-order valence-electron chi connectivity index (χ4n) is 2.11. The summed E-state index contributed by atoms with van der Waals surface area (Å²) in [7, 11) is 0. The van der Waals surface area contributed by atoms with E-state index < -0.39 is 5.97 Å². The van der Waals surface area contributed by atoms with E-state index in [1.165, 1.54) is 6.33 Å². The number of rotatable bonds is 6. The number of aliphatic hydroxyl groups is 1. The number of aromatic nitrogens is 2. The van der Waals surface area contributed by atoms with Gasteiger partial charge >= 0.3 is 5.97 Å². The van der Waals surface area contributed by atoms with Gasteiger partial charge in [-0.3, -0.25) is 4.79 Å². The number of nitrogens with zero attached hydrogens (tertiary/aromatic N) is 3. The number of hydrogen-bond donors (Lipinski definition) is 2. The Morgan fingerprint density at radius 3 is 2.89 bits per heavy atom. The number of benzene rings is 1. The fourth-order valence-corrected chi connectivity index (χ4v) is 2.11. The average molecular weight is 263 g/mol. The summed E-state index contributed by atoms with van der Waals surface area (Å²) in [4.78, 5) is 17.0. The first-order valence-corrected chi connectivity index (χ1v) is 6.18. The molecule has 0 saturated heterocycles. The van der Waals surface area contributed by atoms with Gasteiger partial charge in [0.1, 0.15) is 6.54 Å². The van der Waals surface area contributed by atoms with E-state index in [-0.39, 0.29) is 13.2 Å². The molecule has 0 spiro atoms. The number of carboxylic acids is 1. The lowest BCUT2D eigenvalue weighted by Gasteiger charge is -2.21. The predicted molar refractivity (Wildman–Crippen MR) is 72.3 cm³/mol. The second-order valence-corrected chi connectivity index (χ2v) is 4.24. The third-order valence-corrected chi connectivity index (χ3v) is 3.03. The molecule has 1 aromatic heterocycles. The zero-order valence-corrected chi connectivity index (χ0v) is 10.8. The predicted octanol–water partition coefficient (Wildman–Crippen LogP) is 0.940. The highest BCUT2D eigenvalue weighted by Crippen LogP contribution is 2.21. The molecule has 0 radical (unpaired) electrons. The third kappa shape index (κ3) is 2.85. The van der Waals surface area contributed by atoms with Crippen molar-refractivity contribution in [2.45, 2.75) is 13.5 Å². The van der Waals surface area contributed by atoms with Crippen LogP contribution in [0.4, 0.5) is 5.69 Å². The van der Waals surface area contributed by atoms with Gasteiger partial charge < -0.3 is 19.7 Å². The molecule has 2 aromatic rings. The van der Waals surface area contributed by atoms with Crippen LogP contribution in [0.1, 0.15) is 6.92 Å². The van der Waals surface area contributed by atoms with E-state index >= 15 is 0 Å². The summed E-state index contributed by atoms with van der Waals surface area (Å²) in [5, 5.41) is 17.8. The Kier molecular flexibility index (Phi) is 4.01. The number of imidazole rings is 1.